The Balaban J connectivity index is 1.71. The van der Waals surface area contributed by atoms with Crippen LogP contribution >= 0.6 is 11.3 Å². The first-order valence-corrected chi connectivity index (χ1v) is 9.37. The molecule has 2 aromatic heterocycles. The van der Waals surface area contributed by atoms with Gasteiger partial charge in [0.05, 0.1) is 15.0 Å². The van der Waals surface area contributed by atoms with E-state index in [1.54, 1.807) is 36.4 Å². The summed E-state index contributed by atoms with van der Waals surface area (Å²) in [5, 5.41) is 15.5. The van der Waals surface area contributed by atoms with Crippen LogP contribution in [0.15, 0.2) is 66.0 Å². The summed E-state index contributed by atoms with van der Waals surface area (Å²) in [6.45, 7) is 4.02. The van der Waals surface area contributed by atoms with Crippen molar-refractivity contribution in [3.05, 3.63) is 91.7 Å². The molecule has 8 nitrogen and oxygen atoms in total. The molecule has 29 heavy (non-hydrogen) atoms. The highest BCUT2D eigenvalue weighted by atomic mass is 32.1. The maximum atomic E-state index is 12.7. The Kier molecular flexibility index (Phi) is 4.88. The number of nitro groups is 1. The summed E-state index contributed by atoms with van der Waals surface area (Å²) in [6, 6.07) is 13.4. The molecule has 0 amide bonds. The van der Waals surface area contributed by atoms with Gasteiger partial charge in [0.1, 0.15) is 12.4 Å². The molecule has 0 saturated carbocycles. The van der Waals surface area contributed by atoms with Crippen LogP contribution in [0.25, 0.3) is 22.4 Å². The normalized spacial score (nSPS) is 11.7. The second kappa shape index (κ2) is 7.64. The third-order valence-corrected chi connectivity index (χ3v) is 5.04. The molecule has 2 aromatic carbocycles. The lowest BCUT2D eigenvalue weighted by Crippen LogP contribution is -2.23. The van der Waals surface area contributed by atoms with Gasteiger partial charge in [0.25, 0.3) is 11.2 Å². The molecule has 0 spiro atoms. The minimum Gasteiger partial charge on any atom is -0.490 e. The van der Waals surface area contributed by atoms with Crippen molar-refractivity contribution in [2.45, 2.75) is 0 Å². The fraction of sp³-hybridized carbons (Fsp3) is 0.0500. The molecule has 0 fully saturated rings. The molecule has 2 heterocycles. The lowest BCUT2D eigenvalue weighted by atomic mass is 10.2. The summed E-state index contributed by atoms with van der Waals surface area (Å²) < 4.78 is 6.98. The van der Waals surface area contributed by atoms with E-state index in [1.807, 2.05) is 12.1 Å². The number of nitro benzene ring substituents is 1. The van der Waals surface area contributed by atoms with Crippen LogP contribution < -0.4 is 14.8 Å². The number of fused-ring (bicyclic) bond motifs is 1. The van der Waals surface area contributed by atoms with Gasteiger partial charge in [-0.3, -0.25) is 14.9 Å². The van der Waals surface area contributed by atoms with Crippen molar-refractivity contribution in [3.8, 4) is 17.1 Å². The number of nitrogens with zero attached hydrogens (tertiary/aromatic N) is 4. The van der Waals surface area contributed by atoms with Crippen molar-refractivity contribution in [1.82, 2.24) is 14.6 Å². The van der Waals surface area contributed by atoms with Gasteiger partial charge in [0.15, 0.2) is 5.82 Å². The monoisotopic (exact) mass is 406 g/mol. The quantitative estimate of drug-likeness (QED) is 0.277. The molecule has 0 bridgehead atoms. The lowest BCUT2D eigenvalue weighted by Gasteiger charge is -2.02. The predicted molar refractivity (Wildman–Crippen MR) is 110 cm³/mol. The number of benzene rings is 2. The zero-order valence-electron chi connectivity index (χ0n) is 15.0. The van der Waals surface area contributed by atoms with Gasteiger partial charge in [-0.05, 0) is 36.4 Å². The second-order valence-electron chi connectivity index (χ2n) is 5.99. The molecular weight excluding hydrogens is 392 g/mol. The van der Waals surface area contributed by atoms with Gasteiger partial charge in [0, 0.05) is 11.6 Å². The Bertz CT molecular complexity index is 1330. The molecule has 0 aliphatic carbocycles. The highest BCUT2D eigenvalue weighted by Gasteiger charge is 2.14. The van der Waals surface area contributed by atoms with Gasteiger partial charge < -0.3 is 4.74 Å². The van der Waals surface area contributed by atoms with E-state index >= 15 is 0 Å². The molecule has 0 aliphatic heterocycles. The van der Waals surface area contributed by atoms with Gasteiger partial charge in [-0.2, -0.15) is 9.50 Å². The topological polar surface area (TPSA) is 99.6 Å². The standard InChI is InChI=1S/C20H14N4O4S/c1-2-11-28-15-9-7-13(8-10-15)18-21-20-23(22-18)19(25)17(29-20)12-14-5-3-4-6-16(14)24(26)27/h2-10,12H,1,11H2/b17-12-. The molecule has 0 aliphatic rings. The van der Waals surface area contributed by atoms with Crippen LogP contribution in [0.1, 0.15) is 5.56 Å². The van der Waals surface area contributed by atoms with Crippen molar-refractivity contribution < 1.29 is 9.66 Å². The minimum atomic E-state index is -0.478. The van der Waals surface area contributed by atoms with E-state index in [9.17, 15) is 14.9 Å². The average molecular weight is 406 g/mol. The smallest absolute Gasteiger partial charge is 0.291 e. The molecule has 0 saturated heterocycles. The maximum Gasteiger partial charge on any atom is 0.291 e. The van der Waals surface area contributed by atoms with E-state index in [-0.39, 0.29) is 11.2 Å². The first kappa shape index (κ1) is 18.5. The fourth-order valence-corrected chi connectivity index (χ4v) is 3.63. The number of rotatable bonds is 6. The lowest BCUT2D eigenvalue weighted by molar-refractivity contribution is -0.385. The Hall–Kier alpha value is -3.85. The Morgan fingerprint density at radius 1 is 1.21 bits per heavy atom. The van der Waals surface area contributed by atoms with Crippen LogP contribution in [0.4, 0.5) is 5.69 Å². The molecular formula is C20H14N4O4S. The molecule has 4 aromatic rings. The minimum absolute atomic E-state index is 0.0645. The number of aromatic nitrogens is 3. The second-order valence-corrected chi connectivity index (χ2v) is 6.99. The van der Waals surface area contributed by atoms with Gasteiger partial charge in [-0.1, -0.05) is 36.1 Å². The van der Waals surface area contributed by atoms with Crippen LogP contribution in [0.2, 0.25) is 0 Å². The van der Waals surface area contributed by atoms with Gasteiger partial charge in [-0.25, -0.2) is 0 Å². The van der Waals surface area contributed by atoms with Crippen molar-refractivity contribution in [2.24, 2.45) is 0 Å². The largest absolute Gasteiger partial charge is 0.490 e. The summed E-state index contributed by atoms with van der Waals surface area (Å²) >= 11 is 1.13. The molecule has 0 unspecified atom stereocenters. The van der Waals surface area contributed by atoms with Gasteiger partial charge >= 0.3 is 0 Å². The van der Waals surface area contributed by atoms with E-state index in [2.05, 4.69) is 16.7 Å². The van der Waals surface area contributed by atoms with Crippen molar-refractivity contribution in [1.29, 1.82) is 0 Å². The Morgan fingerprint density at radius 3 is 2.66 bits per heavy atom. The molecule has 0 N–H and O–H groups in total. The summed E-state index contributed by atoms with van der Waals surface area (Å²) in [5.74, 6) is 1.11. The highest BCUT2D eigenvalue weighted by molar-refractivity contribution is 7.15. The third kappa shape index (κ3) is 3.63. The van der Waals surface area contributed by atoms with Crippen molar-refractivity contribution >= 4 is 28.1 Å². The third-order valence-electron chi connectivity index (χ3n) is 4.08. The molecule has 0 radical (unpaired) electrons. The van der Waals surface area contributed by atoms with Crippen molar-refractivity contribution in [2.75, 3.05) is 6.61 Å². The van der Waals surface area contributed by atoms with E-state index in [0.717, 1.165) is 16.9 Å². The number of hydrogen-bond donors (Lipinski definition) is 0. The summed E-state index contributed by atoms with van der Waals surface area (Å²) in [7, 11) is 0. The maximum absolute atomic E-state index is 12.7. The van der Waals surface area contributed by atoms with Crippen LogP contribution in [0.3, 0.4) is 0 Å². The Labute approximate surface area is 168 Å². The Morgan fingerprint density at radius 2 is 1.97 bits per heavy atom. The molecule has 9 heteroatoms. The SMILES string of the molecule is C=CCOc1ccc(-c2nc3s/c(=C\c4ccccc4[N+](=O)[O-])c(=O)n3n2)cc1. The van der Waals surface area contributed by atoms with E-state index < -0.39 is 4.92 Å². The first-order chi connectivity index (χ1) is 14.1. The van der Waals surface area contributed by atoms with Crippen LogP contribution in [-0.4, -0.2) is 26.1 Å². The highest BCUT2D eigenvalue weighted by Crippen LogP contribution is 2.21. The van der Waals surface area contributed by atoms with E-state index in [1.165, 1.54) is 16.7 Å². The molecule has 144 valence electrons. The van der Waals surface area contributed by atoms with Crippen molar-refractivity contribution in [3.63, 3.8) is 0 Å². The fourth-order valence-electron chi connectivity index (χ4n) is 2.73. The van der Waals surface area contributed by atoms with Crippen LogP contribution in [-0.2, 0) is 0 Å². The number of thiazole rings is 1. The number of ether oxygens (including phenoxy) is 1. The van der Waals surface area contributed by atoms with Crippen LogP contribution in [0.5, 0.6) is 5.75 Å². The number of hydrogen-bond acceptors (Lipinski definition) is 7. The zero-order chi connectivity index (χ0) is 20.4. The molecule has 0 atom stereocenters. The molecule has 4 rings (SSSR count). The first-order valence-electron chi connectivity index (χ1n) is 8.55. The van der Waals surface area contributed by atoms with Crippen LogP contribution in [0, 0.1) is 10.1 Å². The summed E-state index contributed by atoms with van der Waals surface area (Å²) in [6.07, 6.45) is 3.15. The van der Waals surface area contributed by atoms with Gasteiger partial charge in [-0.15, -0.1) is 5.10 Å². The number of para-hydroxylation sites is 1. The predicted octanol–water partition coefficient (Wildman–Crippen LogP) is 2.84. The average Bonchev–Trinajstić information content (AvgIpc) is 3.27. The van der Waals surface area contributed by atoms with E-state index in [0.29, 0.717) is 33.2 Å². The summed E-state index contributed by atoms with van der Waals surface area (Å²) in [5.41, 5.74) is 0.670. The zero-order valence-corrected chi connectivity index (χ0v) is 15.8. The van der Waals surface area contributed by atoms with Gasteiger partial charge in [0.2, 0.25) is 4.96 Å². The van der Waals surface area contributed by atoms with E-state index in [4.69, 9.17) is 4.74 Å². The summed E-state index contributed by atoms with van der Waals surface area (Å²) in [4.78, 5) is 28.2.